The third kappa shape index (κ3) is 3.60. The minimum Gasteiger partial charge on any atom is -0.253 e. The van der Waals surface area contributed by atoms with E-state index < -0.39 is 0 Å². The number of aromatic nitrogens is 2. The molecule has 0 atom stereocenters. The number of para-hydroxylation sites is 2. The zero-order valence-electron chi connectivity index (χ0n) is 18.7. The molecule has 0 fully saturated rings. The first-order valence-corrected chi connectivity index (χ1v) is 11.3. The standard InChI is InChI=1S/C28H32N2/c1-5-7-17-28(16-6-2,24-18-20(3)29-26-14-10-8-12-22(24)26)25-19-21(4)30-27-15-11-9-13-23(25)27/h8-15,18-19H,5-7,16-17H2,1-4H3. The molecule has 0 aliphatic heterocycles. The van der Waals surface area contributed by atoms with Crippen molar-refractivity contribution in [1.29, 1.82) is 0 Å². The van der Waals surface area contributed by atoms with Crippen LogP contribution < -0.4 is 0 Å². The summed E-state index contributed by atoms with van der Waals surface area (Å²) >= 11 is 0. The summed E-state index contributed by atoms with van der Waals surface area (Å²) in [6, 6.07) is 22.0. The van der Waals surface area contributed by atoms with Crippen LogP contribution in [0.15, 0.2) is 60.7 Å². The highest BCUT2D eigenvalue weighted by Gasteiger charge is 2.36. The van der Waals surface area contributed by atoms with Crippen molar-refractivity contribution in [3.8, 4) is 0 Å². The number of hydrogen-bond acceptors (Lipinski definition) is 2. The van der Waals surface area contributed by atoms with Gasteiger partial charge in [-0.05, 0) is 62.1 Å². The van der Waals surface area contributed by atoms with Crippen LogP contribution in [-0.2, 0) is 5.41 Å². The Morgan fingerprint density at radius 2 is 1.17 bits per heavy atom. The third-order valence-corrected chi connectivity index (χ3v) is 6.35. The number of benzene rings is 2. The molecule has 4 aromatic rings. The molecule has 2 heteroatoms. The predicted octanol–water partition coefficient (Wildman–Crippen LogP) is 7.68. The SMILES string of the molecule is CCCCC(CCC)(c1cc(C)nc2ccccc12)c1cc(C)nc2ccccc12. The average molecular weight is 397 g/mol. The van der Waals surface area contributed by atoms with Gasteiger partial charge in [-0.3, -0.25) is 9.97 Å². The van der Waals surface area contributed by atoms with Crippen LogP contribution in [0.5, 0.6) is 0 Å². The molecular weight excluding hydrogens is 364 g/mol. The average Bonchev–Trinajstić information content (AvgIpc) is 2.75. The highest BCUT2D eigenvalue weighted by molar-refractivity contribution is 5.88. The molecule has 0 radical (unpaired) electrons. The predicted molar refractivity (Wildman–Crippen MR) is 128 cm³/mol. The summed E-state index contributed by atoms with van der Waals surface area (Å²) in [7, 11) is 0. The quantitative estimate of drug-likeness (QED) is 0.320. The van der Waals surface area contributed by atoms with E-state index in [9.17, 15) is 0 Å². The van der Waals surface area contributed by atoms with Gasteiger partial charge < -0.3 is 0 Å². The smallest absolute Gasteiger partial charge is 0.0708 e. The highest BCUT2D eigenvalue weighted by atomic mass is 14.7. The van der Waals surface area contributed by atoms with E-state index in [2.05, 4.69) is 88.4 Å². The summed E-state index contributed by atoms with van der Waals surface area (Å²) in [6.45, 7) is 8.86. The minimum absolute atomic E-state index is 0.0502. The number of hydrogen-bond donors (Lipinski definition) is 0. The fourth-order valence-electron chi connectivity index (χ4n) is 5.12. The van der Waals surface area contributed by atoms with Crippen molar-refractivity contribution < 1.29 is 0 Å². The molecule has 2 aromatic carbocycles. The van der Waals surface area contributed by atoms with Gasteiger partial charge in [-0.25, -0.2) is 0 Å². The Bertz CT molecular complexity index is 1090. The summed E-state index contributed by atoms with van der Waals surface area (Å²) in [5, 5.41) is 2.57. The lowest BCUT2D eigenvalue weighted by Crippen LogP contribution is -2.29. The zero-order valence-corrected chi connectivity index (χ0v) is 18.7. The molecule has 154 valence electrons. The van der Waals surface area contributed by atoms with Crippen LogP contribution in [-0.4, -0.2) is 9.97 Å². The van der Waals surface area contributed by atoms with Crippen molar-refractivity contribution >= 4 is 21.8 Å². The molecule has 0 saturated heterocycles. The van der Waals surface area contributed by atoms with E-state index in [1.54, 1.807) is 0 Å². The lowest BCUT2D eigenvalue weighted by molar-refractivity contribution is 0.420. The number of pyridine rings is 2. The first kappa shape index (κ1) is 20.5. The lowest BCUT2D eigenvalue weighted by Gasteiger charge is -2.37. The van der Waals surface area contributed by atoms with Crippen LogP contribution in [0.4, 0.5) is 0 Å². The summed E-state index contributed by atoms with van der Waals surface area (Å²) in [6.07, 6.45) is 5.78. The third-order valence-electron chi connectivity index (χ3n) is 6.35. The van der Waals surface area contributed by atoms with Gasteiger partial charge in [0.15, 0.2) is 0 Å². The van der Waals surface area contributed by atoms with Crippen LogP contribution in [0.25, 0.3) is 21.8 Å². The molecule has 2 nitrogen and oxygen atoms in total. The zero-order chi connectivity index (χ0) is 21.1. The van der Waals surface area contributed by atoms with Crippen molar-refractivity contribution in [2.24, 2.45) is 0 Å². The van der Waals surface area contributed by atoms with Crippen molar-refractivity contribution in [3.63, 3.8) is 0 Å². The van der Waals surface area contributed by atoms with E-state index in [-0.39, 0.29) is 5.41 Å². The molecule has 0 saturated carbocycles. The van der Waals surface area contributed by atoms with Crippen LogP contribution in [0.3, 0.4) is 0 Å². The number of aryl methyl sites for hydroxylation is 2. The number of fused-ring (bicyclic) bond motifs is 2. The van der Waals surface area contributed by atoms with Crippen molar-refractivity contribution in [3.05, 3.63) is 83.2 Å². The summed E-state index contributed by atoms with van der Waals surface area (Å²) in [4.78, 5) is 9.70. The summed E-state index contributed by atoms with van der Waals surface area (Å²) in [5.41, 5.74) is 7.18. The van der Waals surface area contributed by atoms with Gasteiger partial charge in [0.2, 0.25) is 0 Å². The van der Waals surface area contributed by atoms with E-state index >= 15 is 0 Å². The molecule has 0 aliphatic carbocycles. The Labute approximate surface area is 180 Å². The van der Waals surface area contributed by atoms with Gasteiger partial charge in [0.1, 0.15) is 0 Å². The molecule has 0 amide bonds. The van der Waals surface area contributed by atoms with E-state index in [4.69, 9.17) is 9.97 Å². The monoisotopic (exact) mass is 396 g/mol. The van der Waals surface area contributed by atoms with Crippen molar-refractivity contribution in [1.82, 2.24) is 9.97 Å². The number of rotatable bonds is 7. The highest BCUT2D eigenvalue weighted by Crippen LogP contribution is 2.46. The van der Waals surface area contributed by atoms with Gasteiger partial charge in [-0.1, -0.05) is 69.5 Å². The van der Waals surface area contributed by atoms with E-state index in [0.717, 1.165) is 41.7 Å². The van der Waals surface area contributed by atoms with Crippen LogP contribution in [0, 0.1) is 13.8 Å². The Kier molecular flexibility index (Phi) is 5.85. The Morgan fingerprint density at radius 3 is 1.63 bits per heavy atom. The van der Waals surface area contributed by atoms with E-state index in [1.165, 1.54) is 34.7 Å². The van der Waals surface area contributed by atoms with Crippen LogP contribution >= 0.6 is 0 Å². The molecule has 0 aliphatic rings. The minimum atomic E-state index is -0.0502. The summed E-state index contributed by atoms with van der Waals surface area (Å²) in [5.74, 6) is 0. The van der Waals surface area contributed by atoms with E-state index in [1.807, 2.05) is 0 Å². The molecule has 4 rings (SSSR count). The molecule has 2 aromatic heterocycles. The van der Waals surface area contributed by atoms with Gasteiger partial charge in [-0.15, -0.1) is 0 Å². The number of unbranched alkanes of at least 4 members (excludes halogenated alkanes) is 1. The molecular formula is C28H32N2. The second kappa shape index (κ2) is 8.55. The van der Waals surface area contributed by atoms with E-state index in [0.29, 0.717) is 0 Å². The Hall–Kier alpha value is -2.74. The van der Waals surface area contributed by atoms with Crippen molar-refractivity contribution in [2.75, 3.05) is 0 Å². The molecule has 30 heavy (non-hydrogen) atoms. The second-order valence-electron chi connectivity index (χ2n) is 8.59. The van der Waals surface area contributed by atoms with Gasteiger partial charge in [-0.2, -0.15) is 0 Å². The second-order valence-corrected chi connectivity index (χ2v) is 8.59. The molecule has 0 unspecified atom stereocenters. The van der Waals surface area contributed by atoms with Crippen LogP contribution in [0.2, 0.25) is 0 Å². The molecule has 0 spiro atoms. The van der Waals surface area contributed by atoms with Gasteiger partial charge >= 0.3 is 0 Å². The maximum absolute atomic E-state index is 4.85. The maximum atomic E-state index is 4.85. The van der Waals surface area contributed by atoms with Gasteiger partial charge in [0.25, 0.3) is 0 Å². The molecule has 2 heterocycles. The fraction of sp³-hybridized carbons (Fsp3) is 0.357. The fourth-order valence-corrected chi connectivity index (χ4v) is 5.12. The molecule has 0 bridgehead atoms. The van der Waals surface area contributed by atoms with Crippen LogP contribution in [0.1, 0.15) is 68.5 Å². The summed E-state index contributed by atoms with van der Waals surface area (Å²) < 4.78 is 0. The molecule has 0 N–H and O–H groups in total. The first-order valence-electron chi connectivity index (χ1n) is 11.3. The lowest BCUT2D eigenvalue weighted by atomic mass is 9.66. The largest absolute Gasteiger partial charge is 0.253 e. The number of nitrogens with zero attached hydrogens (tertiary/aromatic N) is 2. The van der Waals surface area contributed by atoms with Crippen molar-refractivity contribution in [2.45, 2.75) is 65.2 Å². The van der Waals surface area contributed by atoms with Gasteiger partial charge in [0.05, 0.1) is 11.0 Å². The Balaban J connectivity index is 2.13. The first-order chi connectivity index (χ1) is 14.6. The maximum Gasteiger partial charge on any atom is 0.0708 e. The topological polar surface area (TPSA) is 25.8 Å². The Morgan fingerprint density at radius 1 is 0.667 bits per heavy atom. The van der Waals surface area contributed by atoms with Gasteiger partial charge in [0, 0.05) is 27.6 Å². The normalized spacial score (nSPS) is 12.0.